The Morgan fingerprint density at radius 1 is 1.36 bits per heavy atom. The molecule has 25 heavy (non-hydrogen) atoms. The molecule has 132 valence electrons. The van der Waals surface area contributed by atoms with Crippen molar-refractivity contribution in [1.82, 2.24) is 14.3 Å². The highest BCUT2D eigenvalue weighted by Crippen LogP contribution is 2.50. The number of benzene rings is 1. The number of carboxylic acids is 1. The van der Waals surface area contributed by atoms with E-state index in [1.807, 2.05) is 0 Å². The van der Waals surface area contributed by atoms with Crippen LogP contribution in [0.25, 0.3) is 0 Å². The van der Waals surface area contributed by atoms with Crippen LogP contribution in [-0.2, 0) is 23.2 Å². The maximum absolute atomic E-state index is 14.2. The number of halogens is 2. The largest absolute Gasteiger partial charge is 0.480 e. The number of nitrogens with zero attached hydrogens (tertiary/aromatic N) is 3. The molecule has 4 rings (SSSR count). The second kappa shape index (κ2) is 5.50. The molecule has 1 aliphatic heterocycles. The van der Waals surface area contributed by atoms with E-state index >= 15 is 0 Å². The molecule has 0 radical (unpaired) electrons. The van der Waals surface area contributed by atoms with Crippen LogP contribution in [0.1, 0.15) is 43.1 Å². The molecule has 0 amide bonds. The molecular weight excluding hydrogens is 332 g/mol. The minimum atomic E-state index is -1.05. The van der Waals surface area contributed by atoms with Gasteiger partial charge in [-0.1, -0.05) is 6.07 Å². The van der Waals surface area contributed by atoms with Gasteiger partial charge >= 0.3 is 11.7 Å². The molecule has 1 unspecified atom stereocenters. The van der Waals surface area contributed by atoms with Crippen LogP contribution in [0, 0.1) is 11.6 Å². The van der Waals surface area contributed by atoms with Crippen LogP contribution < -0.4 is 5.69 Å². The lowest BCUT2D eigenvalue weighted by atomic mass is 9.95. The van der Waals surface area contributed by atoms with Gasteiger partial charge in [0.15, 0.2) is 0 Å². The maximum atomic E-state index is 14.2. The van der Waals surface area contributed by atoms with Crippen molar-refractivity contribution in [3.05, 3.63) is 51.7 Å². The van der Waals surface area contributed by atoms with Gasteiger partial charge in [-0.15, -0.1) is 0 Å². The summed E-state index contributed by atoms with van der Waals surface area (Å²) >= 11 is 0. The van der Waals surface area contributed by atoms with Crippen LogP contribution in [0.5, 0.6) is 0 Å². The predicted molar refractivity (Wildman–Crippen MR) is 83.4 cm³/mol. The van der Waals surface area contributed by atoms with Gasteiger partial charge in [0.2, 0.25) is 0 Å². The molecule has 1 N–H and O–H groups in total. The lowest BCUT2D eigenvalue weighted by Gasteiger charge is -2.19. The van der Waals surface area contributed by atoms with E-state index < -0.39 is 34.8 Å². The predicted octanol–water partition coefficient (Wildman–Crippen LogP) is 2.02. The zero-order chi connectivity index (χ0) is 17.8. The van der Waals surface area contributed by atoms with Gasteiger partial charge in [0.25, 0.3) is 0 Å². The highest BCUT2D eigenvalue weighted by atomic mass is 19.1. The van der Waals surface area contributed by atoms with E-state index in [4.69, 9.17) is 0 Å². The third kappa shape index (κ3) is 2.56. The van der Waals surface area contributed by atoms with Crippen molar-refractivity contribution in [3.8, 4) is 0 Å². The second-order valence-corrected chi connectivity index (χ2v) is 6.88. The number of carbonyl (C=O) groups is 1. The molecule has 2 heterocycles. The van der Waals surface area contributed by atoms with Crippen molar-refractivity contribution < 1.29 is 18.7 Å². The first kappa shape index (κ1) is 16.0. The van der Waals surface area contributed by atoms with Gasteiger partial charge in [0, 0.05) is 17.9 Å². The summed E-state index contributed by atoms with van der Waals surface area (Å²) in [4.78, 5) is 24.0. The van der Waals surface area contributed by atoms with E-state index in [2.05, 4.69) is 5.10 Å². The number of hydrogen-bond donors (Lipinski definition) is 1. The molecule has 1 aromatic heterocycles. The normalized spacial score (nSPS) is 21.0. The van der Waals surface area contributed by atoms with E-state index in [0.29, 0.717) is 43.5 Å². The molecular formula is C17H17F2N3O3. The zero-order valence-corrected chi connectivity index (χ0v) is 13.4. The van der Waals surface area contributed by atoms with E-state index in [9.17, 15) is 23.5 Å². The monoisotopic (exact) mass is 349 g/mol. The molecule has 0 saturated heterocycles. The molecule has 1 atom stereocenters. The summed E-state index contributed by atoms with van der Waals surface area (Å²) in [5.74, 6) is -1.86. The average molecular weight is 349 g/mol. The van der Waals surface area contributed by atoms with Crippen LogP contribution in [0.4, 0.5) is 8.78 Å². The van der Waals surface area contributed by atoms with Crippen LogP contribution >= 0.6 is 0 Å². The Hall–Kier alpha value is -2.51. The van der Waals surface area contributed by atoms with Gasteiger partial charge in [-0.3, -0.25) is 4.57 Å². The lowest BCUT2D eigenvalue weighted by Crippen LogP contribution is -2.35. The third-order valence-corrected chi connectivity index (χ3v) is 5.22. The molecule has 2 aromatic rings. The highest BCUT2D eigenvalue weighted by Gasteiger charge is 2.47. The van der Waals surface area contributed by atoms with Crippen LogP contribution in [0.3, 0.4) is 0 Å². The summed E-state index contributed by atoms with van der Waals surface area (Å²) in [5.41, 5.74) is -0.678. The SMILES string of the molecule is O=C(O)C1CCCc2nn(CC3(c4ccc(F)cc4F)CC3)c(=O)n21. The molecule has 0 bridgehead atoms. The number of rotatable bonds is 4. The van der Waals surface area contributed by atoms with Gasteiger partial charge in [-0.25, -0.2) is 23.1 Å². The Morgan fingerprint density at radius 2 is 2.12 bits per heavy atom. The van der Waals surface area contributed by atoms with Crippen molar-refractivity contribution in [3.63, 3.8) is 0 Å². The summed E-state index contributed by atoms with van der Waals surface area (Å²) in [6.45, 7) is 0.167. The smallest absolute Gasteiger partial charge is 0.346 e. The Morgan fingerprint density at radius 3 is 2.76 bits per heavy atom. The van der Waals surface area contributed by atoms with Crippen molar-refractivity contribution in [2.45, 2.75) is 50.1 Å². The van der Waals surface area contributed by atoms with Gasteiger partial charge in [-0.05, 0) is 37.3 Å². The Balaban J connectivity index is 1.70. The molecule has 1 fully saturated rings. The van der Waals surface area contributed by atoms with Crippen LogP contribution in [0.2, 0.25) is 0 Å². The minimum absolute atomic E-state index is 0.167. The number of fused-ring (bicyclic) bond motifs is 1. The average Bonchev–Trinajstić information content (AvgIpc) is 3.26. The molecule has 2 aliphatic rings. The number of hydrogen-bond acceptors (Lipinski definition) is 3. The van der Waals surface area contributed by atoms with Crippen molar-refractivity contribution in [2.75, 3.05) is 0 Å². The second-order valence-electron chi connectivity index (χ2n) is 6.88. The number of carboxylic acid groups (broad SMARTS) is 1. The van der Waals surface area contributed by atoms with E-state index in [-0.39, 0.29) is 6.54 Å². The summed E-state index contributed by atoms with van der Waals surface area (Å²) in [7, 11) is 0. The van der Waals surface area contributed by atoms with Crippen molar-refractivity contribution in [2.24, 2.45) is 0 Å². The molecule has 8 heteroatoms. The Labute approximate surface area is 141 Å². The quantitative estimate of drug-likeness (QED) is 0.916. The fraction of sp³-hybridized carbons (Fsp3) is 0.471. The zero-order valence-electron chi connectivity index (χ0n) is 13.4. The fourth-order valence-electron chi connectivity index (χ4n) is 3.74. The summed E-state index contributed by atoms with van der Waals surface area (Å²) in [6, 6.07) is 2.57. The third-order valence-electron chi connectivity index (χ3n) is 5.22. The summed E-state index contributed by atoms with van der Waals surface area (Å²) < 4.78 is 29.8. The molecule has 0 spiro atoms. The molecule has 1 aromatic carbocycles. The van der Waals surface area contributed by atoms with E-state index in [1.165, 1.54) is 21.4 Å². The maximum Gasteiger partial charge on any atom is 0.346 e. The minimum Gasteiger partial charge on any atom is -0.480 e. The number of aliphatic carboxylic acids is 1. The van der Waals surface area contributed by atoms with Crippen LogP contribution in [-0.4, -0.2) is 25.4 Å². The topological polar surface area (TPSA) is 77.1 Å². The standard InChI is InChI=1S/C17H17F2N3O3/c18-10-4-5-11(12(19)8-10)17(6-7-17)9-21-16(25)22-13(15(23)24)2-1-3-14(22)20-21/h4-5,8,13H,1-3,6-7,9H2,(H,23,24). The molecule has 1 saturated carbocycles. The first-order valence-corrected chi connectivity index (χ1v) is 8.28. The first-order chi connectivity index (χ1) is 11.9. The Kier molecular flexibility index (Phi) is 3.52. The molecule has 6 nitrogen and oxygen atoms in total. The number of aryl methyl sites for hydroxylation is 1. The van der Waals surface area contributed by atoms with E-state index in [0.717, 1.165) is 6.07 Å². The lowest BCUT2D eigenvalue weighted by molar-refractivity contribution is -0.141. The van der Waals surface area contributed by atoms with Gasteiger partial charge in [-0.2, -0.15) is 5.10 Å². The van der Waals surface area contributed by atoms with Gasteiger partial charge in [0.1, 0.15) is 23.5 Å². The molecule has 1 aliphatic carbocycles. The first-order valence-electron chi connectivity index (χ1n) is 8.28. The van der Waals surface area contributed by atoms with Crippen LogP contribution in [0.15, 0.2) is 23.0 Å². The van der Waals surface area contributed by atoms with Crippen molar-refractivity contribution in [1.29, 1.82) is 0 Å². The fourth-order valence-corrected chi connectivity index (χ4v) is 3.74. The highest BCUT2D eigenvalue weighted by molar-refractivity contribution is 5.72. The Bertz CT molecular complexity index is 914. The van der Waals surface area contributed by atoms with Gasteiger partial charge < -0.3 is 5.11 Å². The summed E-state index contributed by atoms with van der Waals surface area (Å²) in [6.07, 6.45) is 2.94. The van der Waals surface area contributed by atoms with Gasteiger partial charge in [0.05, 0.1) is 6.54 Å². The number of aromatic nitrogens is 3. The van der Waals surface area contributed by atoms with E-state index in [1.54, 1.807) is 0 Å². The summed E-state index contributed by atoms with van der Waals surface area (Å²) in [5, 5.41) is 13.6. The van der Waals surface area contributed by atoms with Crippen molar-refractivity contribution >= 4 is 5.97 Å².